The number of aliphatic hydroxyl groups is 1. The second-order valence-electron chi connectivity index (χ2n) is 5.39. The molecule has 0 aromatic heterocycles. The molecule has 2 fully saturated rings. The van der Waals surface area contributed by atoms with Crippen LogP contribution >= 0.6 is 21.6 Å². The van der Waals surface area contributed by atoms with Gasteiger partial charge in [0.2, 0.25) is 0 Å². The highest BCUT2D eigenvalue weighted by Crippen LogP contribution is 2.39. The summed E-state index contributed by atoms with van der Waals surface area (Å²) in [5.74, 6) is 1.31. The third kappa shape index (κ3) is 7.00. The molecule has 118 valence electrons. The van der Waals surface area contributed by atoms with Gasteiger partial charge in [-0.25, -0.2) is 0 Å². The van der Waals surface area contributed by atoms with Crippen molar-refractivity contribution >= 4 is 21.6 Å². The summed E-state index contributed by atoms with van der Waals surface area (Å²) >= 11 is 0. The van der Waals surface area contributed by atoms with Crippen molar-refractivity contribution in [1.82, 2.24) is 4.90 Å². The van der Waals surface area contributed by atoms with Gasteiger partial charge in [-0.15, -0.1) is 0 Å². The lowest BCUT2D eigenvalue weighted by atomic mass is 10.1. The van der Waals surface area contributed by atoms with E-state index in [0.717, 1.165) is 50.9 Å². The van der Waals surface area contributed by atoms with E-state index in [4.69, 9.17) is 9.47 Å². The number of nitrogens with zero attached hydrogens (tertiary/aromatic N) is 1. The molecule has 0 bridgehead atoms. The van der Waals surface area contributed by atoms with Gasteiger partial charge in [0, 0.05) is 30.6 Å². The molecule has 2 heterocycles. The van der Waals surface area contributed by atoms with Crippen LogP contribution in [0.2, 0.25) is 0 Å². The van der Waals surface area contributed by atoms with Crippen LogP contribution in [0.25, 0.3) is 0 Å². The summed E-state index contributed by atoms with van der Waals surface area (Å²) in [7, 11) is 4.04. The fourth-order valence-electron chi connectivity index (χ4n) is 2.48. The first-order valence-electron chi connectivity index (χ1n) is 7.72. The largest absolute Gasteiger partial charge is 0.379 e. The number of hydrogen-bond donors (Lipinski definition) is 1. The molecule has 0 aliphatic carbocycles. The average molecular weight is 322 g/mol. The second-order valence-corrected chi connectivity index (χ2v) is 8.18. The summed E-state index contributed by atoms with van der Waals surface area (Å²) < 4.78 is 10.8. The molecule has 2 saturated heterocycles. The van der Waals surface area contributed by atoms with Gasteiger partial charge in [-0.05, 0) is 25.7 Å². The summed E-state index contributed by atoms with van der Waals surface area (Å²) in [5, 5.41) is 10.6. The molecule has 0 aromatic rings. The van der Waals surface area contributed by atoms with Crippen LogP contribution in [-0.4, -0.2) is 66.8 Å². The highest BCUT2D eigenvalue weighted by atomic mass is 33.1. The molecule has 0 aromatic carbocycles. The Bertz CT molecular complexity index is 247. The van der Waals surface area contributed by atoms with Gasteiger partial charge in [0.1, 0.15) is 0 Å². The quantitative estimate of drug-likeness (QED) is 0.399. The van der Waals surface area contributed by atoms with Crippen LogP contribution in [0.1, 0.15) is 32.1 Å². The molecule has 2 rings (SSSR count). The van der Waals surface area contributed by atoms with E-state index in [1.165, 1.54) is 25.0 Å². The lowest BCUT2D eigenvalue weighted by Crippen LogP contribution is -2.38. The first-order valence-corrected chi connectivity index (χ1v) is 10.1. The molecular weight excluding hydrogens is 294 g/mol. The standard InChI is InChI=1S/C14H27NO3S2/c16-14(4-2-1-3-13-5-12-19-20-13)18-11-8-15-6-9-17-10-7-15/h13-14,16H,1-12H2/t13-,14?/m1/s1. The molecule has 4 nitrogen and oxygen atoms in total. The van der Waals surface area contributed by atoms with Crippen LogP contribution in [0.15, 0.2) is 0 Å². The normalized spacial score (nSPS) is 25.9. The molecule has 2 atom stereocenters. The van der Waals surface area contributed by atoms with Crippen molar-refractivity contribution < 1.29 is 14.6 Å². The zero-order valence-corrected chi connectivity index (χ0v) is 13.8. The Morgan fingerprint density at radius 1 is 1.30 bits per heavy atom. The summed E-state index contributed by atoms with van der Waals surface area (Å²) in [5.41, 5.74) is 0. The maximum atomic E-state index is 9.80. The van der Waals surface area contributed by atoms with Crippen LogP contribution in [0.5, 0.6) is 0 Å². The molecule has 6 heteroatoms. The van der Waals surface area contributed by atoms with Crippen LogP contribution in [0, 0.1) is 0 Å². The summed E-state index contributed by atoms with van der Waals surface area (Å²) in [6.07, 6.45) is 5.11. The van der Waals surface area contributed by atoms with E-state index in [2.05, 4.69) is 4.90 Å². The minimum Gasteiger partial charge on any atom is -0.379 e. The van der Waals surface area contributed by atoms with Crippen LogP contribution in [-0.2, 0) is 9.47 Å². The topological polar surface area (TPSA) is 41.9 Å². The molecule has 0 amide bonds. The fourth-order valence-corrected chi connectivity index (χ4v) is 5.51. The van der Waals surface area contributed by atoms with E-state index < -0.39 is 6.29 Å². The molecule has 2 aliphatic heterocycles. The molecule has 1 unspecified atom stereocenters. The number of morpholine rings is 1. The SMILES string of the molecule is OC(CCCC[C@@H]1CCSS1)OCCN1CCOCC1. The Hall–Kier alpha value is 0.540. The third-order valence-corrected chi connectivity index (χ3v) is 6.78. The second kappa shape index (κ2) is 10.3. The third-order valence-electron chi connectivity index (χ3n) is 3.78. The molecule has 0 radical (unpaired) electrons. The Morgan fingerprint density at radius 2 is 2.15 bits per heavy atom. The maximum absolute atomic E-state index is 9.80. The van der Waals surface area contributed by atoms with E-state index >= 15 is 0 Å². The zero-order chi connectivity index (χ0) is 14.0. The Kier molecular flexibility index (Phi) is 8.70. The van der Waals surface area contributed by atoms with Gasteiger partial charge in [-0.2, -0.15) is 0 Å². The monoisotopic (exact) mass is 321 g/mol. The lowest BCUT2D eigenvalue weighted by molar-refractivity contribution is -0.110. The van der Waals surface area contributed by atoms with Crippen molar-refractivity contribution in [3.05, 3.63) is 0 Å². The number of hydrogen-bond acceptors (Lipinski definition) is 6. The van der Waals surface area contributed by atoms with Gasteiger partial charge < -0.3 is 14.6 Å². The van der Waals surface area contributed by atoms with E-state index in [0.29, 0.717) is 6.61 Å². The minimum absolute atomic E-state index is 0.582. The Labute approximate surface area is 130 Å². The molecule has 2 aliphatic rings. The van der Waals surface area contributed by atoms with Crippen molar-refractivity contribution in [2.45, 2.75) is 43.6 Å². The molecular formula is C14H27NO3S2. The van der Waals surface area contributed by atoms with Crippen LogP contribution in [0.4, 0.5) is 0 Å². The molecule has 20 heavy (non-hydrogen) atoms. The van der Waals surface area contributed by atoms with Gasteiger partial charge >= 0.3 is 0 Å². The summed E-state index contributed by atoms with van der Waals surface area (Å²) in [6, 6.07) is 0. The van der Waals surface area contributed by atoms with E-state index in [1.54, 1.807) is 0 Å². The average Bonchev–Trinajstić information content (AvgIpc) is 2.98. The van der Waals surface area contributed by atoms with Crippen molar-refractivity contribution in [1.29, 1.82) is 0 Å². The smallest absolute Gasteiger partial charge is 0.154 e. The van der Waals surface area contributed by atoms with Gasteiger partial charge in [0.25, 0.3) is 0 Å². The number of rotatable bonds is 9. The molecule has 0 saturated carbocycles. The Balaban J connectivity index is 1.40. The number of unbranched alkanes of at least 4 members (excludes halogenated alkanes) is 1. The molecule has 0 spiro atoms. The van der Waals surface area contributed by atoms with Crippen LogP contribution in [0.3, 0.4) is 0 Å². The zero-order valence-electron chi connectivity index (χ0n) is 12.2. The fraction of sp³-hybridized carbons (Fsp3) is 1.00. The van der Waals surface area contributed by atoms with E-state index in [9.17, 15) is 5.11 Å². The van der Waals surface area contributed by atoms with E-state index in [-0.39, 0.29) is 0 Å². The lowest BCUT2D eigenvalue weighted by Gasteiger charge is -2.26. The van der Waals surface area contributed by atoms with Gasteiger partial charge in [-0.3, -0.25) is 4.90 Å². The van der Waals surface area contributed by atoms with Crippen LogP contribution < -0.4 is 0 Å². The van der Waals surface area contributed by atoms with E-state index in [1.807, 2.05) is 21.6 Å². The predicted octanol–water partition coefficient (Wildman–Crippen LogP) is 2.37. The van der Waals surface area contributed by atoms with Gasteiger partial charge in [-0.1, -0.05) is 28.0 Å². The van der Waals surface area contributed by atoms with Crippen molar-refractivity contribution in [3.8, 4) is 0 Å². The summed E-state index contributed by atoms with van der Waals surface area (Å²) in [4.78, 5) is 2.32. The van der Waals surface area contributed by atoms with Crippen molar-refractivity contribution in [2.75, 3.05) is 45.2 Å². The Morgan fingerprint density at radius 3 is 2.90 bits per heavy atom. The summed E-state index contributed by atoms with van der Waals surface area (Å²) in [6.45, 7) is 5.12. The first-order chi connectivity index (χ1) is 9.84. The van der Waals surface area contributed by atoms with Crippen molar-refractivity contribution in [2.24, 2.45) is 0 Å². The maximum Gasteiger partial charge on any atom is 0.154 e. The van der Waals surface area contributed by atoms with Crippen molar-refractivity contribution in [3.63, 3.8) is 0 Å². The highest BCUT2D eigenvalue weighted by molar-refractivity contribution is 8.77. The first kappa shape index (κ1) is 16.9. The minimum atomic E-state index is -0.582. The number of aliphatic hydroxyl groups excluding tert-OH is 1. The predicted molar refractivity (Wildman–Crippen MR) is 86.1 cm³/mol. The van der Waals surface area contributed by atoms with Gasteiger partial charge in [0.15, 0.2) is 6.29 Å². The highest BCUT2D eigenvalue weighted by Gasteiger charge is 2.16. The van der Waals surface area contributed by atoms with Gasteiger partial charge in [0.05, 0.1) is 19.8 Å². The molecule has 1 N–H and O–H groups in total. The number of ether oxygens (including phenoxy) is 2.